The number of nitrogens with zero attached hydrogens (tertiary/aromatic N) is 3. The van der Waals surface area contributed by atoms with Crippen molar-refractivity contribution in [2.24, 2.45) is 18.7 Å². The van der Waals surface area contributed by atoms with Gasteiger partial charge in [-0.2, -0.15) is 5.10 Å². The second kappa shape index (κ2) is 3.93. The first-order valence-corrected chi connectivity index (χ1v) is 5.74. The van der Waals surface area contributed by atoms with E-state index < -0.39 is 0 Å². The van der Waals surface area contributed by atoms with E-state index in [0.29, 0.717) is 24.3 Å². The molecule has 4 heteroatoms. The van der Waals surface area contributed by atoms with E-state index in [4.69, 9.17) is 5.73 Å². The summed E-state index contributed by atoms with van der Waals surface area (Å²) in [5.74, 6) is 3.54. The third kappa shape index (κ3) is 2.04. The number of aromatic nitrogens is 3. The maximum atomic E-state index is 5.79. The van der Waals surface area contributed by atoms with Crippen LogP contribution >= 0.6 is 0 Å². The molecule has 1 atom stereocenters. The lowest BCUT2D eigenvalue weighted by atomic mass is 9.95. The fourth-order valence-electron chi connectivity index (χ4n) is 1.93. The molecule has 0 aliphatic heterocycles. The lowest BCUT2D eigenvalue weighted by molar-refractivity contribution is 0.464. The highest BCUT2D eigenvalue weighted by Gasteiger charge is 2.30. The molecule has 0 saturated heterocycles. The highest BCUT2D eigenvalue weighted by Crippen LogP contribution is 2.38. The molecule has 15 heavy (non-hydrogen) atoms. The van der Waals surface area contributed by atoms with Crippen molar-refractivity contribution < 1.29 is 0 Å². The predicted molar refractivity (Wildman–Crippen MR) is 59.6 cm³/mol. The standard InChI is InChI=1S/C11H20N4/c1-7(2)9(6-12)11-13-10(8-4-5-8)14-15(11)3/h7-9H,4-6,12H2,1-3H3. The zero-order valence-corrected chi connectivity index (χ0v) is 9.77. The van der Waals surface area contributed by atoms with Crippen molar-refractivity contribution in [3.05, 3.63) is 11.6 Å². The summed E-state index contributed by atoms with van der Waals surface area (Å²) in [6, 6.07) is 0. The molecule has 1 fully saturated rings. The van der Waals surface area contributed by atoms with E-state index in [0.717, 1.165) is 11.6 Å². The first-order chi connectivity index (χ1) is 7.13. The zero-order valence-electron chi connectivity index (χ0n) is 9.77. The van der Waals surface area contributed by atoms with Crippen LogP contribution in [0.25, 0.3) is 0 Å². The number of hydrogen-bond acceptors (Lipinski definition) is 3. The predicted octanol–water partition coefficient (Wildman–Crippen LogP) is 1.39. The summed E-state index contributed by atoms with van der Waals surface area (Å²) in [5.41, 5.74) is 5.79. The molecular formula is C11H20N4. The van der Waals surface area contributed by atoms with Crippen LogP contribution in [0.4, 0.5) is 0 Å². The molecule has 0 spiro atoms. The van der Waals surface area contributed by atoms with E-state index in [1.165, 1.54) is 12.8 Å². The van der Waals surface area contributed by atoms with Crippen molar-refractivity contribution in [3.8, 4) is 0 Å². The molecule has 1 heterocycles. The van der Waals surface area contributed by atoms with Gasteiger partial charge in [0.25, 0.3) is 0 Å². The van der Waals surface area contributed by atoms with E-state index in [1.54, 1.807) is 0 Å². The zero-order chi connectivity index (χ0) is 11.0. The SMILES string of the molecule is CC(C)C(CN)c1nc(C2CC2)nn1C. The molecule has 1 aliphatic rings. The Hall–Kier alpha value is -0.900. The van der Waals surface area contributed by atoms with Crippen LogP contribution in [0.15, 0.2) is 0 Å². The van der Waals surface area contributed by atoms with Gasteiger partial charge in [0.05, 0.1) is 0 Å². The maximum Gasteiger partial charge on any atom is 0.154 e. The smallest absolute Gasteiger partial charge is 0.154 e. The van der Waals surface area contributed by atoms with Gasteiger partial charge in [-0.15, -0.1) is 0 Å². The molecular weight excluding hydrogens is 188 g/mol. The fraction of sp³-hybridized carbons (Fsp3) is 0.818. The Labute approximate surface area is 90.9 Å². The molecule has 0 amide bonds. The molecule has 0 bridgehead atoms. The first-order valence-electron chi connectivity index (χ1n) is 5.74. The molecule has 0 radical (unpaired) electrons. The average molecular weight is 208 g/mol. The first kappa shape index (κ1) is 10.6. The van der Waals surface area contributed by atoms with Crippen molar-refractivity contribution in [3.63, 3.8) is 0 Å². The Morgan fingerprint density at radius 1 is 1.47 bits per heavy atom. The minimum absolute atomic E-state index is 0.329. The highest BCUT2D eigenvalue weighted by atomic mass is 15.3. The van der Waals surface area contributed by atoms with Crippen LogP contribution in [-0.4, -0.2) is 21.3 Å². The van der Waals surface area contributed by atoms with Gasteiger partial charge >= 0.3 is 0 Å². The van der Waals surface area contributed by atoms with Crippen LogP contribution < -0.4 is 5.73 Å². The number of rotatable bonds is 4. The second-order valence-corrected chi connectivity index (χ2v) is 4.81. The number of aryl methyl sites for hydroxylation is 1. The van der Waals surface area contributed by atoms with Crippen molar-refractivity contribution in [2.75, 3.05) is 6.54 Å². The minimum atomic E-state index is 0.329. The van der Waals surface area contributed by atoms with Gasteiger partial charge in [0.2, 0.25) is 0 Å². The number of nitrogens with two attached hydrogens (primary N) is 1. The molecule has 2 rings (SSSR count). The Bertz CT molecular complexity index is 338. The summed E-state index contributed by atoms with van der Waals surface area (Å²) < 4.78 is 1.91. The average Bonchev–Trinajstić information content (AvgIpc) is 2.94. The molecule has 84 valence electrons. The lowest BCUT2D eigenvalue weighted by Gasteiger charge is -2.17. The molecule has 2 N–H and O–H groups in total. The van der Waals surface area contributed by atoms with E-state index in [1.807, 2.05) is 11.7 Å². The van der Waals surface area contributed by atoms with E-state index in [-0.39, 0.29) is 0 Å². The van der Waals surface area contributed by atoms with E-state index in [9.17, 15) is 0 Å². The molecule has 1 saturated carbocycles. The van der Waals surface area contributed by atoms with Gasteiger partial charge in [-0.05, 0) is 18.8 Å². The van der Waals surface area contributed by atoms with Crippen LogP contribution in [0.3, 0.4) is 0 Å². The normalized spacial score (nSPS) is 18.5. The molecule has 1 aromatic rings. The summed E-state index contributed by atoms with van der Waals surface area (Å²) in [5, 5.41) is 4.47. The largest absolute Gasteiger partial charge is 0.330 e. The van der Waals surface area contributed by atoms with Gasteiger partial charge in [-0.1, -0.05) is 13.8 Å². The molecule has 1 unspecified atom stereocenters. The number of hydrogen-bond donors (Lipinski definition) is 1. The Morgan fingerprint density at radius 3 is 2.60 bits per heavy atom. The summed E-state index contributed by atoms with van der Waals surface area (Å²) in [6.45, 7) is 5.01. The van der Waals surface area contributed by atoms with E-state index >= 15 is 0 Å². The Kier molecular flexibility index (Phi) is 2.78. The van der Waals surface area contributed by atoms with Gasteiger partial charge in [0.1, 0.15) is 5.82 Å². The van der Waals surface area contributed by atoms with E-state index in [2.05, 4.69) is 23.9 Å². The van der Waals surface area contributed by atoms with Crippen molar-refractivity contribution in [2.45, 2.75) is 38.5 Å². The molecule has 1 aromatic heterocycles. The monoisotopic (exact) mass is 208 g/mol. The van der Waals surface area contributed by atoms with Gasteiger partial charge < -0.3 is 5.73 Å². The Balaban J connectivity index is 2.25. The van der Waals surface area contributed by atoms with Gasteiger partial charge in [0.15, 0.2) is 5.82 Å². The van der Waals surface area contributed by atoms with Gasteiger partial charge in [-0.3, -0.25) is 4.68 Å². The summed E-state index contributed by atoms with van der Waals surface area (Å²) in [7, 11) is 1.97. The minimum Gasteiger partial charge on any atom is -0.330 e. The van der Waals surface area contributed by atoms with Crippen LogP contribution in [-0.2, 0) is 7.05 Å². The third-order valence-corrected chi connectivity index (χ3v) is 3.15. The Morgan fingerprint density at radius 2 is 2.13 bits per heavy atom. The molecule has 1 aliphatic carbocycles. The van der Waals surface area contributed by atoms with Crippen LogP contribution in [0.5, 0.6) is 0 Å². The van der Waals surface area contributed by atoms with Gasteiger partial charge in [0, 0.05) is 25.4 Å². The van der Waals surface area contributed by atoms with Crippen molar-refractivity contribution in [1.29, 1.82) is 0 Å². The van der Waals surface area contributed by atoms with Crippen LogP contribution in [0.2, 0.25) is 0 Å². The summed E-state index contributed by atoms with van der Waals surface area (Å²) >= 11 is 0. The maximum absolute atomic E-state index is 5.79. The molecule has 0 aromatic carbocycles. The topological polar surface area (TPSA) is 56.7 Å². The third-order valence-electron chi connectivity index (χ3n) is 3.15. The van der Waals surface area contributed by atoms with Crippen LogP contribution in [0, 0.1) is 5.92 Å². The summed E-state index contributed by atoms with van der Waals surface area (Å²) in [4.78, 5) is 4.64. The van der Waals surface area contributed by atoms with Crippen LogP contribution in [0.1, 0.15) is 50.2 Å². The van der Waals surface area contributed by atoms with Gasteiger partial charge in [-0.25, -0.2) is 4.98 Å². The van der Waals surface area contributed by atoms with Crippen molar-refractivity contribution in [1.82, 2.24) is 14.8 Å². The highest BCUT2D eigenvalue weighted by molar-refractivity contribution is 5.09. The fourth-order valence-corrected chi connectivity index (χ4v) is 1.93. The molecule has 4 nitrogen and oxygen atoms in total. The second-order valence-electron chi connectivity index (χ2n) is 4.81. The lowest BCUT2D eigenvalue weighted by Crippen LogP contribution is -2.21. The summed E-state index contributed by atoms with van der Waals surface area (Å²) in [6.07, 6.45) is 2.50. The van der Waals surface area contributed by atoms with Crippen molar-refractivity contribution >= 4 is 0 Å². The quantitative estimate of drug-likeness (QED) is 0.813.